The largest absolute Gasteiger partial charge is 0.497 e. The molecule has 0 aromatic heterocycles. The molecular formula is C14H17F2NO3. The van der Waals surface area contributed by atoms with Gasteiger partial charge in [0.15, 0.2) is 0 Å². The molecule has 1 aromatic rings. The molecule has 1 aliphatic carbocycles. The summed E-state index contributed by atoms with van der Waals surface area (Å²) in [5.41, 5.74) is 0.768. The minimum Gasteiger partial charge on any atom is -0.497 e. The Kier molecular flexibility index (Phi) is 4.11. The highest BCUT2D eigenvalue weighted by Crippen LogP contribution is 2.50. The highest BCUT2D eigenvalue weighted by Gasteiger charge is 2.57. The van der Waals surface area contributed by atoms with Crippen LogP contribution in [0.2, 0.25) is 0 Å². The number of ether oxygens (including phenoxy) is 2. The lowest BCUT2D eigenvalue weighted by Crippen LogP contribution is -2.24. The molecule has 4 nitrogen and oxygen atoms in total. The number of hydrogen-bond donors (Lipinski definition) is 1. The van der Waals surface area contributed by atoms with Crippen LogP contribution >= 0.6 is 0 Å². The van der Waals surface area contributed by atoms with E-state index in [1.54, 1.807) is 25.3 Å². The fraction of sp³-hybridized carbons (Fsp3) is 0.500. The van der Waals surface area contributed by atoms with E-state index in [9.17, 15) is 13.6 Å². The zero-order chi connectivity index (χ0) is 14.8. The summed E-state index contributed by atoms with van der Waals surface area (Å²) in [5.74, 6) is -2.60. The van der Waals surface area contributed by atoms with Crippen molar-refractivity contribution in [1.82, 2.24) is 5.32 Å². The van der Waals surface area contributed by atoms with Crippen LogP contribution in [-0.2, 0) is 11.3 Å². The Bertz CT molecular complexity index is 505. The van der Waals surface area contributed by atoms with Gasteiger partial charge in [0.25, 0.3) is 5.92 Å². The average molecular weight is 285 g/mol. The molecule has 0 aliphatic heterocycles. The summed E-state index contributed by atoms with van der Waals surface area (Å²) < 4.78 is 35.7. The molecule has 1 aromatic carbocycles. The topological polar surface area (TPSA) is 47.6 Å². The predicted molar refractivity (Wildman–Crippen MR) is 69.1 cm³/mol. The van der Waals surface area contributed by atoms with Gasteiger partial charge in [0.2, 0.25) is 5.91 Å². The van der Waals surface area contributed by atoms with Crippen molar-refractivity contribution in [1.29, 1.82) is 0 Å². The van der Waals surface area contributed by atoms with Crippen LogP contribution < -0.4 is 14.8 Å². The lowest BCUT2D eigenvalue weighted by molar-refractivity contribution is -0.122. The third kappa shape index (κ3) is 3.37. The van der Waals surface area contributed by atoms with E-state index in [1.165, 1.54) is 7.11 Å². The summed E-state index contributed by atoms with van der Waals surface area (Å²) in [5, 5.41) is 2.63. The fourth-order valence-corrected chi connectivity index (χ4v) is 1.98. The van der Waals surface area contributed by atoms with Gasteiger partial charge in [0, 0.05) is 36.9 Å². The molecule has 6 heteroatoms. The van der Waals surface area contributed by atoms with Gasteiger partial charge < -0.3 is 14.8 Å². The fourth-order valence-electron chi connectivity index (χ4n) is 1.98. The molecule has 1 aliphatic rings. The number of benzene rings is 1. The van der Waals surface area contributed by atoms with Crippen LogP contribution in [0.5, 0.6) is 11.5 Å². The number of halogens is 2. The molecule has 2 rings (SSSR count). The Balaban J connectivity index is 1.88. The normalized spacial score (nSPS) is 19.3. The average Bonchev–Trinajstić information content (AvgIpc) is 3.02. The van der Waals surface area contributed by atoms with Crippen molar-refractivity contribution in [3.8, 4) is 11.5 Å². The number of methoxy groups -OCH3 is 2. The third-order valence-corrected chi connectivity index (χ3v) is 3.36. The lowest BCUT2D eigenvalue weighted by atomic mass is 10.2. The molecule has 0 saturated heterocycles. The van der Waals surface area contributed by atoms with E-state index in [1.807, 2.05) is 0 Å². The Morgan fingerprint density at radius 3 is 2.65 bits per heavy atom. The molecule has 0 heterocycles. The minimum absolute atomic E-state index is 0.133. The molecule has 0 bridgehead atoms. The number of carbonyl (C=O) groups is 1. The molecule has 1 unspecified atom stereocenters. The molecule has 110 valence electrons. The molecule has 1 saturated carbocycles. The molecule has 1 N–H and O–H groups in total. The van der Waals surface area contributed by atoms with Gasteiger partial charge in [-0.1, -0.05) is 0 Å². The molecule has 1 fully saturated rings. The molecule has 0 radical (unpaired) electrons. The maximum atomic E-state index is 12.7. The van der Waals surface area contributed by atoms with Gasteiger partial charge in [-0.3, -0.25) is 4.79 Å². The van der Waals surface area contributed by atoms with E-state index in [-0.39, 0.29) is 25.3 Å². The van der Waals surface area contributed by atoms with Gasteiger partial charge in [0.1, 0.15) is 11.5 Å². The van der Waals surface area contributed by atoms with E-state index in [2.05, 4.69) is 5.32 Å². The number of carbonyl (C=O) groups excluding carboxylic acids is 1. The number of alkyl halides is 2. The van der Waals surface area contributed by atoms with Crippen LogP contribution in [-0.4, -0.2) is 26.0 Å². The van der Waals surface area contributed by atoms with Gasteiger partial charge in [0.05, 0.1) is 14.2 Å². The van der Waals surface area contributed by atoms with Gasteiger partial charge in [-0.15, -0.1) is 0 Å². The van der Waals surface area contributed by atoms with Crippen molar-refractivity contribution < 1.29 is 23.0 Å². The molecular weight excluding hydrogens is 268 g/mol. The van der Waals surface area contributed by atoms with E-state index >= 15 is 0 Å². The first-order valence-electron chi connectivity index (χ1n) is 6.31. The Labute approximate surface area is 116 Å². The summed E-state index contributed by atoms with van der Waals surface area (Å²) in [6.45, 7) is 0.240. The SMILES string of the molecule is COc1ccc(CNC(=O)CC2CC2(F)F)c(OC)c1. The van der Waals surface area contributed by atoms with E-state index in [0.29, 0.717) is 11.5 Å². The van der Waals surface area contributed by atoms with Crippen molar-refractivity contribution in [2.24, 2.45) is 5.92 Å². The van der Waals surface area contributed by atoms with Crippen LogP contribution in [0.1, 0.15) is 18.4 Å². The summed E-state index contributed by atoms with van der Waals surface area (Å²) in [7, 11) is 3.07. The molecule has 20 heavy (non-hydrogen) atoms. The van der Waals surface area contributed by atoms with E-state index in [4.69, 9.17) is 9.47 Å². The molecule has 1 atom stereocenters. The summed E-state index contributed by atoms with van der Waals surface area (Å²) in [6.07, 6.45) is -0.322. The quantitative estimate of drug-likeness (QED) is 0.873. The first kappa shape index (κ1) is 14.6. The number of rotatable bonds is 6. The maximum Gasteiger partial charge on any atom is 0.252 e. The van der Waals surface area contributed by atoms with Gasteiger partial charge in [-0.05, 0) is 12.1 Å². The Morgan fingerprint density at radius 2 is 2.10 bits per heavy atom. The zero-order valence-electron chi connectivity index (χ0n) is 11.4. The first-order valence-corrected chi connectivity index (χ1v) is 6.31. The van der Waals surface area contributed by atoms with Crippen LogP contribution in [0, 0.1) is 5.92 Å². The second-order valence-electron chi connectivity index (χ2n) is 4.82. The number of nitrogens with one attached hydrogen (secondary N) is 1. The van der Waals surface area contributed by atoms with Crippen molar-refractivity contribution in [3.63, 3.8) is 0 Å². The number of hydrogen-bond acceptors (Lipinski definition) is 3. The van der Waals surface area contributed by atoms with Crippen molar-refractivity contribution in [2.45, 2.75) is 25.3 Å². The van der Waals surface area contributed by atoms with Crippen LogP contribution in [0.4, 0.5) is 8.78 Å². The Hall–Kier alpha value is -1.85. The second-order valence-corrected chi connectivity index (χ2v) is 4.82. The van der Waals surface area contributed by atoms with Crippen molar-refractivity contribution in [3.05, 3.63) is 23.8 Å². The summed E-state index contributed by atoms with van der Waals surface area (Å²) >= 11 is 0. The summed E-state index contributed by atoms with van der Waals surface area (Å²) in [4.78, 5) is 11.6. The van der Waals surface area contributed by atoms with Gasteiger partial charge in [-0.25, -0.2) is 8.78 Å². The molecule has 1 amide bonds. The monoisotopic (exact) mass is 285 g/mol. The van der Waals surface area contributed by atoms with Crippen LogP contribution in [0.15, 0.2) is 18.2 Å². The van der Waals surface area contributed by atoms with Gasteiger partial charge >= 0.3 is 0 Å². The van der Waals surface area contributed by atoms with E-state index in [0.717, 1.165) is 5.56 Å². The third-order valence-electron chi connectivity index (χ3n) is 3.36. The Morgan fingerprint density at radius 1 is 1.40 bits per heavy atom. The van der Waals surface area contributed by atoms with E-state index < -0.39 is 11.8 Å². The second kappa shape index (κ2) is 5.64. The maximum absolute atomic E-state index is 12.7. The number of amides is 1. The first-order chi connectivity index (χ1) is 9.46. The minimum atomic E-state index is -2.66. The van der Waals surface area contributed by atoms with Crippen molar-refractivity contribution in [2.75, 3.05) is 14.2 Å². The smallest absolute Gasteiger partial charge is 0.252 e. The highest BCUT2D eigenvalue weighted by atomic mass is 19.3. The lowest BCUT2D eigenvalue weighted by Gasteiger charge is -2.11. The zero-order valence-corrected chi connectivity index (χ0v) is 11.4. The summed E-state index contributed by atoms with van der Waals surface area (Å²) in [6, 6.07) is 5.22. The van der Waals surface area contributed by atoms with Gasteiger partial charge in [-0.2, -0.15) is 0 Å². The highest BCUT2D eigenvalue weighted by molar-refractivity contribution is 5.76. The standard InChI is InChI=1S/C14H17F2NO3/c1-19-11-4-3-9(12(6-11)20-2)8-17-13(18)5-10-7-14(10,15)16/h3-4,6,10H,5,7-8H2,1-2H3,(H,17,18). The van der Waals surface area contributed by atoms with Crippen LogP contribution in [0.25, 0.3) is 0 Å². The molecule has 0 spiro atoms. The predicted octanol–water partition coefficient (Wildman–Crippen LogP) is 2.37. The van der Waals surface area contributed by atoms with Crippen molar-refractivity contribution >= 4 is 5.91 Å². The van der Waals surface area contributed by atoms with Crippen LogP contribution in [0.3, 0.4) is 0 Å².